The average molecular weight is 348 g/mol. The van der Waals surface area contributed by atoms with Gasteiger partial charge < -0.3 is 16.2 Å². The highest BCUT2D eigenvalue weighted by atomic mass is 35.5. The first-order valence-electron chi connectivity index (χ1n) is 6.80. The molecule has 1 amide bonds. The number of nitrogens with zero attached hydrogens (tertiary/aromatic N) is 1. The lowest BCUT2D eigenvalue weighted by Crippen LogP contribution is -2.10. The van der Waals surface area contributed by atoms with Crippen LogP contribution in [0.25, 0.3) is 10.2 Å². The second-order valence-corrected chi connectivity index (χ2v) is 6.50. The van der Waals surface area contributed by atoms with Crippen molar-refractivity contribution in [3.05, 3.63) is 45.4 Å². The van der Waals surface area contributed by atoms with Crippen LogP contribution < -0.4 is 16.2 Å². The van der Waals surface area contributed by atoms with Gasteiger partial charge in [0.25, 0.3) is 5.91 Å². The number of nitrogens with two attached hydrogens (primary N) is 2. The SMILES string of the molecule is Cc1c(Cl)ccc(Oc2ccnc3sc(C(N)=O)c(N)c23)c1C. The Bertz CT molecular complexity index is 937. The molecule has 3 rings (SSSR count). The summed E-state index contributed by atoms with van der Waals surface area (Å²) in [7, 11) is 0. The van der Waals surface area contributed by atoms with Gasteiger partial charge in [0.1, 0.15) is 21.2 Å². The Morgan fingerprint density at radius 1 is 1.22 bits per heavy atom. The van der Waals surface area contributed by atoms with Gasteiger partial charge in [-0.25, -0.2) is 4.98 Å². The van der Waals surface area contributed by atoms with Gasteiger partial charge in [0, 0.05) is 11.2 Å². The first-order valence-corrected chi connectivity index (χ1v) is 8.00. The van der Waals surface area contributed by atoms with Crippen molar-refractivity contribution in [3.63, 3.8) is 0 Å². The Hall–Kier alpha value is -2.31. The summed E-state index contributed by atoms with van der Waals surface area (Å²) < 4.78 is 6.01. The number of benzene rings is 1. The van der Waals surface area contributed by atoms with Crippen LogP contribution in [-0.2, 0) is 0 Å². The molecule has 0 bridgehead atoms. The topological polar surface area (TPSA) is 91.2 Å². The number of halogens is 1. The molecule has 2 heterocycles. The highest BCUT2D eigenvalue weighted by Crippen LogP contribution is 2.40. The number of carbonyl (C=O) groups is 1. The summed E-state index contributed by atoms with van der Waals surface area (Å²) in [5.41, 5.74) is 13.6. The Morgan fingerprint density at radius 3 is 2.65 bits per heavy atom. The van der Waals surface area contributed by atoms with Gasteiger partial charge in [0.05, 0.1) is 11.1 Å². The third-order valence-electron chi connectivity index (χ3n) is 3.71. The Balaban J connectivity index is 2.14. The molecule has 0 unspecified atom stereocenters. The van der Waals surface area contributed by atoms with Crippen LogP contribution in [0, 0.1) is 13.8 Å². The zero-order chi connectivity index (χ0) is 16.7. The summed E-state index contributed by atoms with van der Waals surface area (Å²) in [6.07, 6.45) is 1.61. The summed E-state index contributed by atoms with van der Waals surface area (Å²) in [5.74, 6) is 0.627. The molecular weight excluding hydrogens is 334 g/mol. The van der Waals surface area contributed by atoms with E-state index >= 15 is 0 Å². The zero-order valence-electron chi connectivity index (χ0n) is 12.5. The molecular formula is C16H14ClN3O2S. The molecule has 7 heteroatoms. The fraction of sp³-hybridized carbons (Fsp3) is 0.125. The monoisotopic (exact) mass is 347 g/mol. The van der Waals surface area contributed by atoms with E-state index < -0.39 is 5.91 Å². The highest BCUT2D eigenvalue weighted by Gasteiger charge is 2.19. The molecule has 0 atom stereocenters. The van der Waals surface area contributed by atoms with Crippen molar-refractivity contribution in [2.75, 3.05) is 5.73 Å². The number of hydrogen-bond acceptors (Lipinski definition) is 5. The van der Waals surface area contributed by atoms with Crippen molar-refractivity contribution in [1.29, 1.82) is 0 Å². The minimum Gasteiger partial charge on any atom is -0.456 e. The molecule has 0 radical (unpaired) electrons. The van der Waals surface area contributed by atoms with Gasteiger partial charge in [-0.1, -0.05) is 11.6 Å². The summed E-state index contributed by atoms with van der Waals surface area (Å²) in [4.78, 5) is 16.6. The maximum absolute atomic E-state index is 11.5. The van der Waals surface area contributed by atoms with Crippen LogP contribution in [0.15, 0.2) is 24.4 Å². The van der Waals surface area contributed by atoms with E-state index in [1.165, 1.54) is 0 Å². The van der Waals surface area contributed by atoms with Crippen LogP contribution in [0.5, 0.6) is 11.5 Å². The summed E-state index contributed by atoms with van der Waals surface area (Å²) >= 11 is 7.27. The van der Waals surface area contributed by atoms with Crippen LogP contribution in [-0.4, -0.2) is 10.9 Å². The lowest BCUT2D eigenvalue weighted by molar-refractivity contribution is 0.100. The molecule has 3 aromatic rings. The van der Waals surface area contributed by atoms with Crippen molar-refractivity contribution in [2.24, 2.45) is 5.73 Å². The van der Waals surface area contributed by atoms with Gasteiger partial charge >= 0.3 is 0 Å². The Kier molecular flexibility index (Phi) is 3.87. The molecule has 1 aromatic carbocycles. The third-order valence-corrected chi connectivity index (χ3v) is 5.24. The third kappa shape index (κ3) is 2.60. The van der Waals surface area contributed by atoms with E-state index in [4.69, 9.17) is 27.8 Å². The lowest BCUT2D eigenvalue weighted by atomic mass is 10.1. The first kappa shape index (κ1) is 15.6. The number of aromatic nitrogens is 1. The van der Waals surface area contributed by atoms with Crippen molar-refractivity contribution in [1.82, 2.24) is 4.98 Å². The van der Waals surface area contributed by atoms with Crippen molar-refractivity contribution >= 4 is 44.7 Å². The minimum absolute atomic E-state index is 0.285. The van der Waals surface area contributed by atoms with Crippen molar-refractivity contribution in [3.8, 4) is 11.5 Å². The number of ether oxygens (including phenoxy) is 1. The molecule has 0 spiro atoms. The predicted molar refractivity (Wildman–Crippen MR) is 93.6 cm³/mol. The zero-order valence-corrected chi connectivity index (χ0v) is 14.1. The summed E-state index contributed by atoms with van der Waals surface area (Å²) in [5, 5.41) is 1.28. The molecule has 2 aromatic heterocycles. The highest BCUT2D eigenvalue weighted by molar-refractivity contribution is 7.21. The first-order chi connectivity index (χ1) is 10.9. The van der Waals surface area contributed by atoms with Crippen LogP contribution in [0.4, 0.5) is 5.69 Å². The Morgan fingerprint density at radius 2 is 1.96 bits per heavy atom. The van der Waals surface area contributed by atoms with E-state index in [0.717, 1.165) is 22.5 Å². The number of fused-ring (bicyclic) bond motifs is 1. The molecule has 0 aliphatic heterocycles. The molecule has 0 aliphatic carbocycles. The second-order valence-electron chi connectivity index (χ2n) is 5.10. The van der Waals surface area contributed by atoms with Gasteiger partial charge in [0.15, 0.2) is 0 Å². The number of primary amides is 1. The minimum atomic E-state index is -0.574. The van der Waals surface area contributed by atoms with E-state index in [2.05, 4.69) is 4.98 Å². The number of nitrogen functional groups attached to an aromatic ring is 1. The lowest BCUT2D eigenvalue weighted by Gasteiger charge is -2.12. The van der Waals surface area contributed by atoms with E-state index in [-0.39, 0.29) is 4.88 Å². The number of anilines is 1. The van der Waals surface area contributed by atoms with Gasteiger partial charge in [0.2, 0.25) is 0 Å². The molecule has 5 nitrogen and oxygen atoms in total. The maximum atomic E-state index is 11.5. The summed E-state index contributed by atoms with van der Waals surface area (Å²) in [6, 6.07) is 5.29. The largest absolute Gasteiger partial charge is 0.456 e. The number of pyridine rings is 1. The fourth-order valence-corrected chi connectivity index (χ4v) is 3.41. The molecule has 4 N–H and O–H groups in total. The van der Waals surface area contributed by atoms with Gasteiger partial charge in [-0.05, 0) is 43.2 Å². The normalized spacial score (nSPS) is 10.9. The average Bonchev–Trinajstić information content (AvgIpc) is 2.86. The van der Waals surface area contributed by atoms with Crippen LogP contribution in [0.1, 0.15) is 20.8 Å². The molecule has 0 saturated carbocycles. The van der Waals surface area contributed by atoms with Crippen LogP contribution in [0.2, 0.25) is 5.02 Å². The molecule has 0 aliphatic rings. The fourth-order valence-electron chi connectivity index (χ4n) is 2.28. The van der Waals surface area contributed by atoms with Crippen molar-refractivity contribution < 1.29 is 9.53 Å². The smallest absolute Gasteiger partial charge is 0.260 e. The maximum Gasteiger partial charge on any atom is 0.260 e. The van der Waals surface area contributed by atoms with Gasteiger partial charge in [-0.3, -0.25) is 4.79 Å². The number of hydrogen-bond donors (Lipinski definition) is 2. The standard InChI is InChI=1S/C16H14ClN3O2S/c1-7-8(2)10(4-3-9(7)17)22-11-5-6-20-16-12(11)13(18)14(23-16)15(19)21/h3-6H,18H2,1-2H3,(H2,19,21). The molecule has 118 valence electrons. The van der Waals surface area contributed by atoms with Gasteiger partial charge in [-0.15, -0.1) is 11.3 Å². The quantitative estimate of drug-likeness (QED) is 0.748. The van der Waals surface area contributed by atoms with Crippen LogP contribution in [0.3, 0.4) is 0 Å². The molecule has 23 heavy (non-hydrogen) atoms. The Labute approximate surface area is 141 Å². The summed E-state index contributed by atoms with van der Waals surface area (Å²) in [6.45, 7) is 3.86. The molecule has 0 fully saturated rings. The number of carbonyl (C=O) groups excluding carboxylic acids is 1. The molecule has 0 saturated heterocycles. The van der Waals surface area contributed by atoms with E-state index in [1.807, 2.05) is 13.8 Å². The number of thiophene rings is 1. The number of rotatable bonds is 3. The van der Waals surface area contributed by atoms with E-state index in [0.29, 0.717) is 32.4 Å². The predicted octanol–water partition coefficient (Wildman–Crippen LogP) is 4.04. The van der Waals surface area contributed by atoms with E-state index in [9.17, 15) is 4.79 Å². The van der Waals surface area contributed by atoms with Crippen molar-refractivity contribution in [2.45, 2.75) is 13.8 Å². The van der Waals surface area contributed by atoms with E-state index in [1.54, 1.807) is 24.4 Å². The van der Waals surface area contributed by atoms with Crippen LogP contribution >= 0.6 is 22.9 Å². The second kappa shape index (κ2) is 5.72. The van der Waals surface area contributed by atoms with Gasteiger partial charge in [-0.2, -0.15) is 0 Å². The number of amides is 1.